The molecule has 0 spiro atoms. The van der Waals surface area contributed by atoms with E-state index in [2.05, 4.69) is 10.3 Å². The van der Waals surface area contributed by atoms with Crippen LogP contribution in [0.25, 0.3) is 0 Å². The normalized spacial score (nSPS) is 10.4. The summed E-state index contributed by atoms with van der Waals surface area (Å²) >= 11 is 0. The van der Waals surface area contributed by atoms with Crippen LogP contribution in [0.15, 0.2) is 42.7 Å². The van der Waals surface area contributed by atoms with Crippen LogP contribution >= 0.6 is 0 Å². The number of ether oxygens (including phenoxy) is 2. The van der Waals surface area contributed by atoms with Gasteiger partial charge in [0.1, 0.15) is 6.61 Å². The molecule has 0 radical (unpaired) electrons. The van der Waals surface area contributed by atoms with Crippen molar-refractivity contribution in [3.8, 4) is 11.5 Å². The van der Waals surface area contributed by atoms with Gasteiger partial charge in [-0.2, -0.15) is 0 Å². The molecule has 0 aliphatic heterocycles. The van der Waals surface area contributed by atoms with Crippen molar-refractivity contribution >= 4 is 11.8 Å². The van der Waals surface area contributed by atoms with Crippen LogP contribution in [0.5, 0.6) is 11.5 Å². The minimum atomic E-state index is -0.0701. The van der Waals surface area contributed by atoms with Crippen molar-refractivity contribution in [2.75, 3.05) is 20.2 Å². The molecule has 1 aromatic heterocycles. The summed E-state index contributed by atoms with van der Waals surface area (Å²) < 4.78 is 11.3. The first-order chi connectivity index (χ1) is 14.6. The summed E-state index contributed by atoms with van der Waals surface area (Å²) in [5.74, 6) is 1.28. The molecule has 0 unspecified atom stereocenters. The molecule has 0 bridgehead atoms. The Morgan fingerprint density at radius 1 is 1.00 bits per heavy atom. The summed E-state index contributed by atoms with van der Waals surface area (Å²) in [5.41, 5.74) is 1.93. The smallest absolute Gasteiger partial charge is 0.222 e. The lowest BCUT2D eigenvalue weighted by Gasteiger charge is -2.18. The van der Waals surface area contributed by atoms with Crippen molar-refractivity contribution in [3.63, 3.8) is 0 Å². The first-order valence-electron chi connectivity index (χ1n) is 10.3. The zero-order valence-electron chi connectivity index (χ0n) is 18.0. The van der Waals surface area contributed by atoms with E-state index in [-0.39, 0.29) is 11.8 Å². The predicted molar refractivity (Wildman–Crippen MR) is 115 cm³/mol. The lowest BCUT2D eigenvalue weighted by molar-refractivity contribution is -0.131. The Kier molecular flexibility index (Phi) is 9.64. The van der Waals surface area contributed by atoms with Crippen LogP contribution in [-0.2, 0) is 22.7 Å². The number of hydrogen-bond acceptors (Lipinski definition) is 5. The molecule has 2 amide bonds. The highest BCUT2D eigenvalue weighted by molar-refractivity contribution is 5.78. The van der Waals surface area contributed by atoms with E-state index in [0.29, 0.717) is 57.0 Å². The van der Waals surface area contributed by atoms with E-state index in [0.717, 1.165) is 11.1 Å². The maximum absolute atomic E-state index is 12.1. The third-order valence-corrected chi connectivity index (χ3v) is 4.77. The Morgan fingerprint density at radius 2 is 1.73 bits per heavy atom. The van der Waals surface area contributed by atoms with Gasteiger partial charge in [0.05, 0.1) is 7.11 Å². The van der Waals surface area contributed by atoms with Crippen molar-refractivity contribution < 1.29 is 19.1 Å². The molecular formula is C23H31N3O4. The minimum Gasteiger partial charge on any atom is -0.493 e. The number of nitrogens with zero attached hydrogens (tertiary/aromatic N) is 2. The van der Waals surface area contributed by atoms with Crippen molar-refractivity contribution in [1.82, 2.24) is 15.2 Å². The molecule has 0 atom stereocenters. The second kappa shape index (κ2) is 12.5. The molecular weight excluding hydrogens is 382 g/mol. The number of benzene rings is 1. The fourth-order valence-electron chi connectivity index (χ4n) is 3.00. The average molecular weight is 414 g/mol. The minimum absolute atomic E-state index is 0.0701. The molecule has 0 saturated carbocycles. The summed E-state index contributed by atoms with van der Waals surface area (Å²) in [6, 6.07) is 9.38. The van der Waals surface area contributed by atoms with Gasteiger partial charge in [-0.05, 0) is 55.7 Å². The van der Waals surface area contributed by atoms with E-state index in [9.17, 15) is 9.59 Å². The third kappa shape index (κ3) is 7.39. The molecule has 7 heteroatoms. The van der Waals surface area contributed by atoms with E-state index in [1.165, 1.54) is 0 Å². The first kappa shape index (κ1) is 23.2. The maximum Gasteiger partial charge on any atom is 0.222 e. The van der Waals surface area contributed by atoms with Gasteiger partial charge in [0, 0.05) is 44.9 Å². The van der Waals surface area contributed by atoms with Crippen LogP contribution in [-0.4, -0.2) is 41.9 Å². The van der Waals surface area contributed by atoms with Crippen LogP contribution in [0, 0.1) is 0 Å². The van der Waals surface area contributed by atoms with Crippen LogP contribution in [0.4, 0.5) is 0 Å². The Bertz CT molecular complexity index is 807. The van der Waals surface area contributed by atoms with E-state index in [4.69, 9.17) is 9.47 Å². The number of rotatable bonds is 12. The molecule has 2 rings (SSSR count). The van der Waals surface area contributed by atoms with Gasteiger partial charge in [0.25, 0.3) is 0 Å². The fraction of sp³-hybridized carbons (Fsp3) is 0.435. The maximum atomic E-state index is 12.1. The predicted octanol–water partition coefficient (Wildman–Crippen LogP) is 3.32. The Hall–Kier alpha value is -3.09. The van der Waals surface area contributed by atoms with Crippen molar-refractivity contribution in [2.24, 2.45) is 0 Å². The molecule has 162 valence electrons. The highest BCUT2D eigenvalue weighted by Gasteiger charge is 2.11. The second-order valence-corrected chi connectivity index (χ2v) is 6.83. The van der Waals surface area contributed by atoms with Crippen molar-refractivity contribution in [1.29, 1.82) is 0 Å². The van der Waals surface area contributed by atoms with Gasteiger partial charge < -0.3 is 19.7 Å². The highest BCUT2D eigenvalue weighted by atomic mass is 16.5. The zero-order chi connectivity index (χ0) is 21.8. The van der Waals surface area contributed by atoms with Crippen molar-refractivity contribution in [2.45, 2.75) is 46.3 Å². The molecule has 0 aliphatic carbocycles. The number of nitrogens with one attached hydrogen (secondary N) is 1. The van der Waals surface area contributed by atoms with Crippen LogP contribution in [0.2, 0.25) is 0 Å². The quantitative estimate of drug-likeness (QED) is 0.577. The summed E-state index contributed by atoms with van der Waals surface area (Å²) in [7, 11) is 1.59. The van der Waals surface area contributed by atoms with Gasteiger partial charge in [-0.1, -0.05) is 6.07 Å². The second-order valence-electron chi connectivity index (χ2n) is 6.83. The zero-order valence-corrected chi connectivity index (χ0v) is 18.0. The van der Waals surface area contributed by atoms with Gasteiger partial charge >= 0.3 is 0 Å². The number of hydrogen-bond donors (Lipinski definition) is 1. The van der Waals surface area contributed by atoms with E-state index < -0.39 is 0 Å². The monoisotopic (exact) mass is 413 g/mol. The number of aromatic nitrogens is 1. The van der Waals surface area contributed by atoms with Gasteiger partial charge in [-0.25, -0.2) is 0 Å². The molecule has 0 saturated heterocycles. The third-order valence-electron chi connectivity index (χ3n) is 4.77. The molecule has 0 fully saturated rings. The summed E-state index contributed by atoms with van der Waals surface area (Å²) in [6.45, 7) is 6.12. The number of amides is 2. The van der Waals surface area contributed by atoms with Crippen molar-refractivity contribution in [3.05, 3.63) is 53.9 Å². The lowest BCUT2D eigenvalue weighted by Crippen LogP contribution is -2.30. The SMILES string of the molecule is CCN(CC)C(=O)CCCC(=O)NCc1ccc(OCc2ccncc2)c(OC)c1. The van der Waals surface area contributed by atoms with E-state index >= 15 is 0 Å². The molecule has 1 N–H and O–H groups in total. The summed E-state index contributed by atoms with van der Waals surface area (Å²) in [4.78, 5) is 29.8. The van der Waals surface area contributed by atoms with Crippen LogP contribution in [0.3, 0.4) is 0 Å². The van der Waals surface area contributed by atoms with E-state index in [1.54, 1.807) is 24.4 Å². The van der Waals surface area contributed by atoms with Crippen LogP contribution < -0.4 is 14.8 Å². The van der Waals surface area contributed by atoms with E-state index in [1.807, 2.05) is 44.2 Å². The molecule has 2 aromatic rings. The van der Waals surface area contributed by atoms with Gasteiger partial charge in [-0.3, -0.25) is 14.6 Å². The number of carbonyl (C=O) groups is 2. The Balaban J connectivity index is 1.79. The largest absolute Gasteiger partial charge is 0.493 e. The molecule has 0 aliphatic rings. The Morgan fingerprint density at radius 3 is 2.40 bits per heavy atom. The molecule has 1 aromatic carbocycles. The van der Waals surface area contributed by atoms with Gasteiger partial charge in [0.15, 0.2) is 11.5 Å². The molecule has 1 heterocycles. The number of carbonyl (C=O) groups excluding carboxylic acids is 2. The van der Waals surface area contributed by atoms with Gasteiger partial charge in [0.2, 0.25) is 11.8 Å². The van der Waals surface area contributed by atoms with Crippen LogP contribution in [0.1, 0.15) is 44.2 Å². The molecule has 7 nitrogen and oxygen atoms in total. The number of pyridine rings is 1. The Labute approximate surface area is 178 Å². The number of methoxy groups -OCH3 is 1. The summed E-state index contributed by atoms with van der Waals surface area (Å²) in [5, 5.41) is 2.89. The fourth-order valence-corrected chi connectivity index (χ4v) is 3.00. The average Bonchev–Trinajstić information content (AvgIpc) is 2.78. The summed E-state index contributed by atoms with van der Waals surface area (Å²) in [6.07, 6.45) is 4.72. The first-order valence-corrected chi connectivity index (χ1v) is 10.3. The lowest BCUT2D eigenvalue weighted by atomic mass is 10.1. The standard InChI is InChI=1S/C23H31N3O4/c1-4-26(5-2)23(28)8-6-7-22(27)25-16-19-9-10-20(21(15-19)29-3)30-17-18-11-13-24-14-12-18/h9-15H,4-8,16-17H2,1-3H3,(H,25,27). The topological polar surface area (TPSA) is 80.8 Å². The van der Waals surface area contributed by atoms with Gasteiger partial charge in [-0.15, -0.1) is 0 Å². The molecule has 30 heavy (non-hydrogen) atoms. The highest BCUT2D eigenvalue weighted by Crippen LogP contribution is 2.28.